The van der Waals surface area contributed by atoms with Crippen molar-refractivity contribution in [1.82, 2.24) is 0 Å². The van der Waals surface area contributed by atoms with E-state index in [0.717, 1.165) is 0 Å². The van der Waals surface area contributed by atoms with Gasteiger partial charge in [-0.3, -0.25) is 0 Å². The van der Waals surface area contributed by atoms with Crippen LogP contribution >= 0.6 is 0 Å². The van der Waals surface area contributed by atoms with Crippen molar-refractivity contribution in [2.75, 3.05) is 0 Å². The minimum atomic E-state index is 0.639. The predicted molar refractivity (Wildman–Crippen MR) is 23.1 cm³/mol. The lowest BCUT2D eigenvalue weighted by Gasteiger charge is -1.75. The SMILES string of the molecule is [CH+]=C([CH2])C[CH2-]. The van der Waals surface area contributed by atoms with Gasteiger partial charge >= 0.3 is 0 Å². The Labute approximate surface area is 33.5 Å². The number of hydrogen-bond donors (Lipinski definition) is 0. The molecule has 5 heavy (non-hydrogen) atoms. The normalized spacial score (nSPS) is 7.40. The molecule has 0 N–H and O–H groups in total. The van der Waals surface area contributed by atoms with Crippen LogP contribution in [0.5, 0.6) is 0 Å². The molecule has 0 aromatic carbocycles. The molecule has 0 heterocycles. The Balaban J connectivity index is 2.85. The molecule has 0 fully saturated rings. The van der Waals surface area contributed by atoms with Gasteiger partial charge in [-0.15, -0.1) is 6.42 Å². The van der Waals surface area contributed by atoms with Crippen LogP contribution in [0.2, 0.25) is 0 Å². The third-order valence-corrected chi connectivity index (χ3v) is 0.321. The summed E-state index contributed by atoms with van der Waals surface area (Å²) in [4.78, 5) is 0. The summed E-state index contributed by atoms with van der Waals surface area (Å²) in [6.45, 7) is 11.9. The lowest BCUT2D eigenvalue weighted by molar-refractivity contribution is 1.30. The Hall–Kier alpha value is -0.350. The summed E-state index contributed by atoms with van der Waals surface area (Å²) in [5.41, 5.74) is 0.644. The zero-order valence-electron chi connectivity index (χ0n) is 3.20. The smallest absolute Gasteiger partial charge is 0.202 e. The van der Waals surface area contributed by atoms with Crippen molar-refractivity contribution in [3.05, 3.63) is 26.0 Å². The van der Waals surface area contributed by atoms with Crippen LogP contribution < -0.4 is 0 Å². The van der Waals surface area contributed by atoms with Gasteiger partial charge in [-0.25, -0.2) is 0 Å². The van der Waals surface area contributed by atoms with Crippen LogP contribution in [0.25, 0.3) is 0 Å². The third kappa shape index (κ3) is 3.65. The summed E-state index contributed by atoms with van der Waals surface area (Å²) in [6.07, 6.45) is 0.639. The van der Waals surface area contributed by atoms with E-state index in [1.165, 1.54) is 0 Å². The van der Waals surface area contributed by atoms with Crippen LogP contribution in [0, 0.1) is 20.4 Å². The molecule has 0 rings (SSSR count). The van der Waals surface area contributed by atoms with Crippen molar-refractivity contribution < 1.29 is 0 Å². The van der Waals surface area contributed by atoms with Crippen LogP contribution in [-0.4, -0.2) is 0 Å². The molecule has 0 amide bonds. The highest BCUT2D eigenvalue weighted by molar-refractivity contribution is 4.94. The Morgan fingerprint density at radius 1 is 2.00 bits per heavy atom. The van der Waals surface area contributed by atoms with E-state index in [-0.39, 0.29) is 0 Å². The largest absolute Gasteiger partial charge is 0.335 e. The van der Waals surface area contributed by atoms with E-state index in [1.54, 1.807) is 0 Å². The highest BCUT2D eigenvalue weighted by atomic mass is 13.7. The summed E-state index contributed by atoms with van der Waals surface area (Å²) < 4.78 is 0. The van der Waals surface area contributed by atoms with Gasteiger partial charge in [0, 0.05) is 6.92 Å². The van der Waals surface area contributed by atoms with E-state index in [0.29, 0.717) is 12.0 Å². The number of rotatable bonds is 1. The van der Waals surface area contributed by atoms with Crippen LogP contribution in [0.3, 0.4) is 0 Å². The Morgan fingerprint density at radius 2 is 2.20 bits per heavy atom. The first-order valence-corrected chi connectivity index (χ1v) is 1.50. The molecule has 0 saturated carbocycles. The second-order valence-electron chi connectivity index (χ2n) is 0.908. The lowest BCUT2D eigenvalue weighted by Crippen LogP contribution is -1.60. The molecule has 0 aliphatic heterocycles. The monoisotopic (exact) mass is 67.1 g/mol. The van der Waals surface area contributed by atoms with Crippen molar-refractivity contribution in [2.24, 2.45) is 0 Å². The van der Waals surface area contributed by atoms with Crippen molar-refractivity contribution >= 4 is 0 Å². The zero-order valence-corrected chi connectivity index (χ0v) is 3.20. The maximum absolute atomic E-state index is 5.03. The van der Waals surface area contributed by atoms with E-state index in [2.05, 4.69) is 13.8 Å². The van der Waals surface area contributed by atoms with Crippen molar-refractivity contribution in [2.45, 2.75) is 6.42 Å². The minimum Gasteiger partial charge on any atom is -0.335 e. The quantitative estimate of drug-likeness (QED) is 0.407. The van der Waals surface area contributed by atoms with Gasteiger partial charge in [-0.2, -0.15) is 0 Å². The van der Waals surface area contributed by atoms with Crippen LogP contribution in [0.15, 0.2) is 5.57 Å². The fraction of sp³-hybridized carbons (Fsp3) is 0.200. The summed E-state index contributed by atoms with van der Waals surface area (Å²) in [5.74, 6) is 0. The van der Waals surface area contributed by atoms with Crippen molar-refractivity contribution in [3.63, 3.8) is 0 Å². The van der Waals surface area contributed by atoms with E-state index in [1.807, 2.05) is 0 Å². The Bertz CT molecular complexity index is 35.3. The van der Waals surface area contributed by atoms with Crippen LogP contribution in [-0.2, 0) is 0 Å². The van der Waals surface area contributed by atoms with Gasteiger partial charge in [-0.05, 0) is 0 Å². The molecular formula is C5H7. The highest BCUT2D eigenvalue weighted by Crippen LogP contribution is 1.86. The Kier molecular flexibility index (Phi) is 1.79. The van der Waals surface area contributed by atoms with Gasteiger partial charge in [0.25, 0.3) is 0 Å². The molecule has 0 atom stereocenters. The molecule has 0 heteroatoms. The zero-order chi connectivity index (χ0) is 4.28. The molecule has 0 saturated heterocycles. The number of hydrogen-bond acceptors (Lipinski definition) is 0. The average molecular weight is 67.1 g/mol. The van der Waals surface area contributed by atoms with Crippen molar-refractivity contribution in [1.29, 1.82) is 0 Å². The first-order valence-electron chi connectivity index (χ1n) is 1.50. The molecule has 0 aliphatic rings. The van der Waals surface area contributed by atoms with Gasteiger partial charge in [0.05, 0.1) is 0 Å². The fourth-order valence-electron chi connectivity index (χ4n) is 0. The maximum atomic E-state index is 5.03. The van der Waals surface area contributed by atoms with Crippen LogP contribution in [0.1, 0.15) is 6.42 Å². The standard InChI is InChI=1S/C5H7/c1-4-5(2)3/h2H,1,3-4H2. The van der Waals surface area contributed by atoms with E-state index in [9.17, 15) is 0 Å². The van der Waals surface area contributed by atoms with Gasteiger partial charge in [0.1, 0.15) is 5.57 Å². The number of allylic oxidation sites excluding steroid dienone is 1. The van der Waals surface area contributed by atoms with Gasteiger partial charge in [-0.1, -0.05) is 0 Å². The molecule has 0 unspecified atom stereocenters. The molecule has 0 spiro atoms. The highest BCUT2D eigenvalue weighted by Gasteiger charge is 1.76. The fourth-order valence-corrected chi connectivity index (χ4v) is 0. The second-order valence-corrected chi connectivity index (χ2v) is 0.908. The summed E-state index contributed by atoms with van der Waals surface area (Å²) in [7, 11) is 0. The van der Waals surface area contributed by atoms with E-state index >= 15 is 0 Å². The molecule has 0 aromatic rings. The van der Waals surface area contributed by atoms with Gasteiger partial charge in [0.2, 0.25) is 6.58 Å². The molecule has 0 bridgehead atoms. The summed E-state index contributed by atoms with van der Waals surface area (Å²) in [6, 6.07) is 0. The minimum absolute atomic E-state index is 0.639. The van der Waals surface area contributed by atoms with Crippen LogP contribution in [0.4, 0.5) is 0 Å². The van der Waals surface area contributed by atoms with E-state index < -0.39 is 0 Å². The maximum Gasteiger partial charge on any atom is 0.202 e. The first kappa shape index (κ1) is 4.65. The average Bonchev–Trinajstić information content (AvgIpc) is 1.38. The second kappa shape index (κ2) is 1.92. The predicted octanol–water partition coefficient (Wildman–Crippen LogP) is 1.40. The molecule has 0 nitrogen and oxygen atoms in total. The van der Waals surface area contributed by atoms with E-state index in [4.69, 9.17) is 6.58 Å². The molecule has 27 valence electrons. The van der Waals surface area contributed by atoms with Gasteiger partial charge < -0.3 is 6.92 Å². The lowest BCUT2D eigenvalue weighted by atomic mass is 10.3. The molecule has 0 aromatic heterocycles. The Morgan fingerprint density at radius 3 is 2.20 bits per heavy atom. The van der Waals surface area contributed by atoms with Gasteiger partial charge in [0.15, 0.2) is 0 Å². The first-order chi connectivity index (χ1) is 2.27. The van der Waals surface area contributed by atoms with Crippen molar-refractivity contribution in [3.8, 4) is 0 Å². The molecule has 0 aliphatic carbocycles. The molecular weight excluding hydrogens is 60.1 g/mol. The summed E-state index contributed by atoms with van der Waals surface area (Å²) in [5, 5.41) is 0. The molecule has 1 radical (unpaired) electrons. The summed E-state index contributed by atoms with van der Waals surface area (Å²) >= 11 is 0. The topological polar surface area (TPSA) is 0 Å². The third-order valence-electron chi connectivity index (χ3n) is 0.321.